The molecule has 7 nitrogen and oxygen atoms in total. The number of thiol groups is 1. The van der Waals surface area contributed by atoms with Crippen LogP contribution in [0.3, 0.4) is 0 Å². The SMILES string of the molecule is C[C@]12CC[C@H](O)C[C@H]1CC[C@@H]1[C@@H]2CC[C@]2(C)[C@@H](c3ccc(=O)oc3)C[C@H]3O[C@]132.NC(CS)C(=O)O. The van der Waals surface area contributed by atoms with Crippen LogP contribution in [-0.4, -0.2) is 45.8 Å². The van der Waals surface area contributed by atoms with E-state index < -0.39 is 12.0 Å². The van der Waals surface area contributed by atoms with Crippen LogP contribution in [0.4, 0.5) is 0 Å². The second-order valence-electron chi connectivity index (χ2n) is 12.1. The van der Waals surface area contributed by atoms with Gasteiger partial charge in [-0.15, -0.1) is 0 Å². The predicted molar refractivity (Wildman–Crippen MR) is 134 cm³/mol. The van der Waals surface area contributed by atoms with Crippen LogP contribution in [0.1, 0.15) is 76.7 Å². The number of aliphatic hydroxyl groups excluding tert-OH is 1. The summed E-state index contributed by atoms with van der Waals surface area (Å²) < 4.78 is 11.8. The number of nitrogens with two attached hydrogens (primary N) is 1. The lowest BCUT2D eigenvalue weighted by molar-refractivity contribution is -0.139. The number of fused-ring (bicyclic) bond motifs is 3. The molecule has 4 N–H and O–H groups in total. The van der Waals surface area contributed by atoms with Gasteiger partial charge in [0.15, 0.2) is 0 Å². The van der Waals surface area contributed by atoms with Gasteiger partial charge in [-0.05, 0) is 92.1 Å². The molecule has 194 valence electrons. The van der Waals surface area contributed by atoms with Gasteiger partial charge in [0.05, 0.1) is 18.5 Å². The van der Waals surface area contributed by atoms with E-state index in [2.05, 4.69) is 26.5 Å². The first kappa shape index (κ1) is 25.3. The molecule has 35 heavy (non-hydrogen) atoms. The number of carboxylic acids is 1. The van der Waals surface area contributed by atoms with Gasteiger partial charge in [0.25, 0.3) is 0 Å². The Morgan fingerprint density at radius 3 is 2.57 bits per heavy atom. The van der Waals surface area contributed by atoms with Gasteiger partial charge in [-0.3, -0.25) is 4.79 Å². The molecule has 1 aromatic rings. The Morgan fingerprint density at radius 2 is 1.94 bits per heavy atom. The van der Waals surface area contributed by atoms with Crippen LogP contribution in [0.25, 0.3) is 0 Å². The Bertz CT molecular complexity index is 1010. The molecule has 0 aromatic carbocycles. The zero-order valence-corrected chi connectivity index (χ0v) is 21.6. The summed E-state index contributed by atoms with van der Waals surface area (Å²) in [5.41, 5.74) is 6.38. The second-order valence-corrected chi connectivity index (χ2v) is 12.4. The normalized spacial score (nSPS) is 46.1. The minimum atomic E-state index is -1.00. The van der Waals surface area contributed by atoms with Gasteiger partial charge < -0.3 is 25.1 Å². The van der Waals surface area contributed by atoms with E-state index in [4.69, 9.17) is 20.0 Å². The number of hydrogen-bond donors (Lipinski definition) is 4. The van der Waals surface area contributed by atoms with E-state index in [1.54, 1.807) is 12.3 Å². The number of carbonyl (C=O) groups is 1. The van der Waals surface area contributed by atoms with E-state index in [1.165, 1.54) is 37.7 Å². The van der Waals surface area contributed by atoms with Crippen molar-refractivity contribution >= 4 is 18.6 Å². The van der Waals surface area contributed by atoms with Crippen molar-refractivity contribution in [3.05, 3.63) is 34.4 Å². The maximum absolute atomic E-state index is 11.4. The molecule has 4 aliphatic carbocycles. The first-order chi connectivity index (χ1) is 16.6. The molecule has 0 bridgehead atoms. The highest BCUT2D eigenvalue weighted by Crippen LogP contribution is 2.77. The average molecular weight is 506 g/mol. The minimum absolute atomic E-state index is 0.0285. The molecular weight excluding hydrogens is 466 g/mol. The third-order valence-electron chi connectivity index (χ3n) is 10.7. The van der Waals surface area contributed by atoms with E-state index in [0.29, 0.717) is 29.3 Å². The van der Waals surface area contributed by atoms with Crippen LogP contribution in [0, 0.1) is 28.6 Å². The lowest BCUT2D eigenvalue weighted by Crippen LogP contribution is -2.58. The van der Waals surface area contributed by atoms with Crippen LogP contribution in [-0.2, 0) is 9.53 Å². The van der Waals surface area contributed by atoms with Gasteiger partial charge in [-0.1, -0.05) is 13.8 Å². The molecule has 1 spiro atoms. The van der Waals surface area contributed by atoms with Crippen LogP contribution in [0.5, 0.6) is 0 Å². The molecule has 0 radical (unpaired) electrons. The lowest BCUT2D eigenvalue weighted by atomic mass is 9.44. The summed E-state index contributed by atoms with van der Waals surface area (Å²) in [5, 5.41) is 18.2. The highest BCUT2D eigenvalue weighted by Gasteiger charge is 2.80. The highest BCUT2D eigenvalue weighted by atomic mass is 32.1. The van der Waals surface area contributed by atoms with Crippen LogP contribution >= 0.6 is 12.6 Å². The standard InChI is InChI=1S/C24H32O4.C3H7NO2S/c1-22-9-7-16(25)11-15(22)4-5-18-17(22)8-10-23(2)19(12-20-24(18,23)28-20)14-3-6-21(26)27-13-14;4-2(1-7)3(5)6/h3,6,13,15-20,25H,4-5,7-12H2,1-2H3;2,7H,1,4H2,(H,5,6)/t15-,16+,17+,18-,19-,20-,22+,23-,24-;/m1./s1. The molecular formula is C27H39NO6S. The molecule has 6 rings (SSSR count). The summed E-state index contributed by atoms with van der Waals surface area (Å²) in [4.78, 5) is 21.2. The second kappa shape index (κ2) is 8.89. The molecule has 10 atom stereocenters. The zero-order chi connectivity index (χ0) is 25.2. The molecule has 5 aliphatic rings. The van der Waals surface area contributed by atoms with Crippen molar-refractivity contribution in [2.24, 2.45) is 34.3 Å². The van der Waals surface area contributed by atoms with Crippen molar-refractivity contribution < 1.29 is 24.2 Å². The summed E-state index contributed by atoms with van der Waals surface area (Å²) in [6.45, 7) is 4.97. The molecule has 1 saturated heterocycles. The maximum Gasteiger partial charge on any atom is 0.335 e. The van der Waals surface area contributed by atoms with Gasteiger partial charge in [0, 0.05) is 17.2 Å². The Labute approximate surface area is 212 Å². The van der Waals surface area contributed by atoms with E-state index in [-0.39, 0.29) is 28.5 Å². The van der Waals surface area contributed by atoms with Gasteiger partial charge in [-0.25, -0.2) is 4.79 Å². The third kappa shape index (κ3) is 3.82. The van der Waals surface area contributed by atoms with E-state index in [0.717, 1.165) is 25.2 Å². The van der Waals surface area contributed by atoms with E-state index in [9.17, 15) is 14.7 Å². The number of carboxylic acid groups (broad SMARTS) is 1. The van der Waals surface area contributed by atoms with E-state index in [1.807, 2.05) is 6.07 Å². The van der Waals surface area contributed by atoms with Gasteiger partial charge in [-0.2, -0.15) is 12.6 Å². The number of rotatable bonds is 3. The van der Waals surface area contributed by atoms with Gasteiger partial charge in [0.2, 0.25) is 0 Å². The highest BCUT2D eigenvalue weighted by molar-refractivity contribution is 7.80. The fourth-order valence-electron chi connectivity index (χ4n) is 8.82. The molecule has 4 saturated carbocycles. The molecule has 5 fully saturated rings. The minimum Gasteiger partial charge on any atom is -0.480 e. The van der Waals surface area contributed by atoms with Crippen LogP contribution in [0.2, 0.25) is 0 Å². The molecule has 0 amide bonds. The summed E-state index contributed by atoms with van der Waals surface area (Å²) >= 11 is 3.65. The van der Waals surface area contributed by atoms with Crippen molar-refractivity contribution in [1.29, 1.82) is 0 Å². The van der Waals surface area contributed by atoms with Gasteiger partial charge in [0.1, 0.15) is 11.6 Å². The molecule has 1 aromatic heterocycles. The first-order valence-electron chi connectivity index (χ1n) is 13.1. The predicted octanol–water partition coefficient (Wildman–Crippen LogP) is 3.59. The zero-order valence-electron chi connectivity index (χ0n) is 20.7. The van der Waals surface area contributed by atoms with Crippen molar-refractivity contribution in [3.8, 4) is 0 Å². The largest absolute Gasteiger partial charge is 0.480 e. The maximum atomic E-state index is 11.4. The molecule has 2 heterocycles. The van der Waals surface area contributed by atoms with Gasteiger partial charge >= 0.3 is 11.6 Å². The number of ether oxygens (including phenoxy) is 1. The quantitative estimate of drug-likeness (QED) is 0.365. The van der Waals surface area contributed by atoms with Crippen molar-refractivity contribution in [1.82, 2.24) is 0 Å². The smallest absolute Gasteiger partial charge is 0.335 e. The van der Waals surface area contributed by atoms with Crippen molar-refractivity contribution in [2.45, 2.75) is 95.0 Å². The van der Waals surface area contributed by atoms with Crippen LogP contribution in [0.15, 0.2) is 27.6 Å². The number of epoxide rings is 1. The summed E-state index contributed by atoms with van der Waals surface area (Å²) in [5.74, 6) is 1.66. The Hall–Kier alpha value is -1.35. The summed E-state index contributed by atoms with van der Waals surface area (Å²) in [6, 6.07) is 2.73. The Morgan fingerprint density at radius 1 is 1.17 bits per heavy atom. The van der Waals surface area contributed by atoms with E-state index >= 15 is 0 Å². The Balaban J connectivity index is 0.000000320. The van der Waals surface area contributed by atoms with Crippen molar-refractivity contribution in [3.63, 3.8) is 0 Å². The monoisotopic (exact) mass is 505 g/mol. The third-order valence-corrected chi connectivity index (χ3v) is 11.1. The lowest BCUT2D eigenvalue weighted by Gasteiger charge is -2.61. The fraction of sp³-hybridized carbons (Fsp3) is 0.778. The number of aliphatic hydroxyl groups is 1. The summed E-state index contributed by atoms with van der Waals surface area (Å²) in [6.07, 6.45) is 11.1. The molecule has 1 aliphatic heterocycles. The Kier molecular flexibility index (Phi) is 6.43. The first-order valence-corrected chi connectivity index (χ1v) is 13.7. The topological polar surface area (TPSA) is 126 Å². The fourth-order valence-corrected chi connectivity index (χ4v) is 8.97. The average Bonchev–Trinajstić information content (AvgIpc) is 3.49. The number of hydrogen-bond acceptors (Lipinski definition) is 7. The van der Waals surface area contributed by atoms with Crippen molar-refractivity contribution in [2.75, 3.05) is 5.75 Å². The van der Waals surface area contributed by atoms with Crippen LogP contribution < -0.4 is 11.4 Å². The molecule has 1 unspecified atom stereocenters. The summed E-state index contributed by atoms with van der Waals surface area (Å²) in [7, 11) is 0. The number of aliphatic carboxylic acids is 1. The molecule has 8 heteroatoms.